The van der Waals surface area contributed by atoms with E-state index in [-0.39, 0.29) is 17.4 Å². The van der Waals surface area contributed by atoms with Crippen LogP contribution in [0.2, 0.25) is 0 Å². The summed E-state index contributed by atoms with van der Waals surface area (Å²) in [5.74, 6) is -0.0865. The molecule has 27 heavy (non-hydrogen) atoms. The number of rotatable bonds is 4. The SMILES string of the molecule is CCc1[nH+]c(C(N)=NOC(=O)c2cc3c([nH]c4ccccc43)c(C)n2)no1. The van der Waals surface area contributed by atoms with Gasteiger partial charge in [0.2, 0.25) is 0 Å². The molecule has 0 bridgehead atoms. The number of para-hydroxylation sites is 1. The largest absolute Gasteiger partial charge is 0.416 e. The number of nitrogens with two attached hydrogens (primary N) is 1. The molecule has 0 spiro atoms. The third kappa shape index (κ3) is 2.99. The average Bonchev–Trinajstić information content (AvgIpc) is 3.31. The predicted molar refractivity (Wildman–Crippen MR) is 96.9 cm³/mol. The molecule has 0 amide bonds. The summed E-state index contributed by atoms with van der Waals surface area (Å²) in [6.07, 6.45) is 0.619. The van der Waals surface area contributed by atoms with Gasteiger partial charge in [-0.25, -0.2) is 14.3 Å². The maximum Gasteiger partial charge on any atom is 0.416 e. The van der Waals surface area contributed by atoms with Crippen LogP contribution in [-0.4, -0.2) is 26.9 Å². The molecule has 0 saturated heterocycles. The van der Waals surface area contributed by atoms with Gasteiger partial charge >= 0.3 is 17.7 Å². The Kier molecular flexibility index (Phi) is 4.03. The highest BCUT2D eigenvalue weighted by Crippen LogP contribution is 2.27. The van der Waals surface area contributed by atoms with E-state index >= 15 is 0 Å². The van der Waals surface area contributed by atoms with Gasteiger partial charge in [-0.2, -0.15) is 4.98 Å². The Morgan fingerprint density at radius 1 is 1.37 bits per heavy atom. The van der Waals surface area contributed by atoms with E-state index in [9.17, 15) is 4.79 Å². The number of nitrogens with zero attached hydrogens (tertiary/aromatic N) is 3. The molecule has 136 valence electrons. The molecule has 0 aliphatic heterocycles. The number of carbonyl (C=O) groups excluding carboxylic acids is 1. The molecule has 0 radical (unpaired) electrons. The Balaban J connectivity index is 1.64. The molecule has 0 aliphatic rings. The fraction of sp³-hybridized carbons (Fsp3) is 0.167. The van der Waals surface area contributed by atoms with Gasteiger partial charge < -0.3 is 15.6 Å². The molecule has 0 unspecified atom stereocenters. The second kappa shape index (κ2) is 6.52. The van der Waals surface area contributed by atoms with Gasteiger partial charge in [-0.15, -0.1) is 0 Å². The van der Waals surface area contributed by atoms with E-state index in [0.29, 0.717) is 18.0 Å². The number of hydrogen-bond acceptors (Lipinski definition) is 6. The van der Waals surface area contributed by atoms with Crippen molar-refractivity contribution in [1.29, 1.82) is 0 Å². The number of carbonyl (C=O) groups is 1. The molecule has 0 fully saturated rings. The second-order valence-electron chi connectivity index (χ2n) is 5.97. The van der Waals surface area contributed by atoms with Crippen LogP contribution in [0, 0.1) is 6.92 Å². The first-order chi connectivity index (χ1) is 13.1. The lowest BCUT2D eigenvalue weighted by Gasteiger charge is -2.01. The van der Waals surface area contributed by atoms with Gasteiger partial charge in [0, 0.05) is 22.7 Å². The van der Waals surface area contributed by atoms with Crippen molar-refractivity contribution in [2.45, 2.75) is 20.3 Å². The minimum Gasteiger partial charge on any atom is -0.374 e. The van der Waals surface area contributed by atoms with Crippen molar-refractivity contribution in [3.63, 3.8) is 0 Å². The number of aromatic nitrogens is 4. The summed E-state index contributed by atoms with van der Waals surface area (Å²) in [5, 5.41) is 9.23. The number of pyridine rings is 1. The third-order valence-electron chi connectivity index (χ3n) is 4.18. The molecule has 3 aromatic heterocycles. The van der Waals surface area contributed by atoms with Crippen molar-refractivity contribution in [2.75, 3.05) is 0 Å². The van der Waals surface area contributed by atoms with Crippen molar-refractivity contribution < 1.29 is 19.1 Å². The topological polar surface area (TPSA) is 134 Å². The fourth-order valence-electron chi connectivity index (χ4n) is 2.83. The molecule has 4 rings (SSSR count). The summed E-state index contributed by atoms with van der Waals surface area (Å²) in [6.45, 7) is 3.71. The van der Waals surface area contributed by atoms with Crippen LogP contribution in [0.25, 0.3) is 21.8 Å². The lowest BCUT2D eigenvalue weighted by molar-refractivity contribution is -0.399. The van der Waals surface area contributed by atoms with Crippen molar-refractivity contribution in [1.82, 2.24) is 15.1 Å². The Hall–Kier alpha value is -3.75. The van der Waals surface area contributed by atoms with E-state index in [1.54, 1.807) is 6.07 Å². The van der Waals surface area contributed by atoms with Gasteiger partial charge in [0.05, 0.1) is 11.2 Å². The minimum absolute atomic E-state index is 0.100. The maximum absolute atomic E-state index is 12.4. The standard InChI is InChI=1S/C18H16N6O3/c1-3-14-22-17(24-26-14)16(19)23-27-18(25)13-8-11-10-6-4-5-7-12(10)21-15(11)9(2)20-13/h4-8,21H,3H2,1-2H3,(H2,19,23)/p+1. The number of hydrogen-bond donors (Lipinski definition) is 2. The zero-order valence-corrected chi connectivity index (χ0v) is 14.7. The van der Waals surface area contributed by atoms with E-state index in [4.69, 9.17) is 15.1 Å². The average molecular weight is 365 g/mol. The molecule has 0 atom stereocenters. The summed E-state index contributed by atoms with van der Waals surface area (Å²) in [6, 6.07) is 9.50. The fourth-order valence-corrected chi connectivity index (χ4v) is 2.83. The Bertz CT molecular complexity index is 1190. The van der Waals surface area contributed by atoms with Crippen LogP contribution in [0.1, 0.15) is 34.8 Å². The molecular formula is C18H17N6O3+. The third-order valence-corrected chi connectivity index (χ3v) is 4.18. The van der Waals surface area contributed by atoms with Gasteiger partial charge in [0.15, 0.2) is 10.9 Å². The number of aryl methyl sites for hydroxylation is 2. The minimum atomic E-state index is -0.715. The van der Waals surface area contributed by atoms with Gasteiger partial charge in [0.1, 0.15) is 0 Å². The summed E-state index contributed by atoms with van der Waals surface area (Å²) in [4.78, 5) is 27.8. The quantitative estimate of drug-likeness (QED) is 0.245. The summed E-state index contributed by atoms with van der Waals surface area (Å²) in [5.41, 5.74) is 8.43. The Morgan fingerprint density at radius 3 is 2.96 bits per heavy atom. The van der Waals surface area contributed by atoms with Gasteiger partial charge in [-0.05, 0) is 24.2 Å². The highest BCUT2D eigenvalue weighted by atomic mass is 16.7. The number of amidine groups is 1. The normalized spacial score (nSPS) is 12.0. The van der Waals surface area contributed by atoms with Crippen LogP contribution in [0.3, 0.4) is 0 Å². The zero-order chi connectivity index (χ0) is 19.0. The van der Waals surface area contributed by atoms with Crippen LogP contribution in [-0.2, 0) is 11.3 Å². The van der Waals surface area contributed by atoms with E-state index in [1.807, 2.05) is 38.1 Å². The van der Waals surface area contributed by atoms with Crippen LogP contribution < -0.4 is 10.7 Å². The van der Waals surface area contributed by atoms with Crippen molar-refractivity contribution in [3.05, 3.63) is 53.4 Å². The predicted octanol–water partition coefficient (Wildman–Crippen LogP) is 1.87. The molecule has 0 saturated carbocycles. The van der Waals surface area contributed by atoms with E-state index < -0.39 is 5.97 Å². The smallest absolute Gasteiger partial charge is 0.374 e. The summed E-state index contributed by atoms with van der Waals surface area (Å²) in [7, 11) is 0. The van der Waals surface area contributed by atoms with Crippen LogP contribution >= 0.6 is 0 Å². The van der Waals surface area contributed by atoms with Crippen molar-refractivity contribution >= 4 is 33.6 Å². The van der Waals surface area contributed by atoms with Crippen LogP contribution in [0.5, 0.6) is 0 Å². The Morgan fingerprint density at radius 2 is 2.19 bits per heavy atom. The van der Waals surface area contributed by atoms with Gasteiger partial charge in [-0.1, -0.05) is 25.1 Å². The van der Waals surface area contributed by atoms with Gasteiger partial charge in [-0.3, -0.25) is 0 Å². The number of oxime groups is 1. The molecule has 1 aromatic carbocycles. The zero-order valence-electron chi connectivity index (χ0n) is 14.7. The monoisotopic (exact) mass is 365 g/mol. The van der Waals surface area contributed by atoms with Crippen LogP contribution in [0.4, 0.5) is 0 Å². The van der Waals surface area contributed by atoms with E-state index in [1.165, 1.54) is 0 Å². The van der Waals surface area contributed by atoms with Gasteiger partial charge in [0.25, 0.3) is 5.84 Å². The number of aromatic amines is 2. The van der Waals surface area contributed by atoms with Crippen LogP contribution in [0.15, 0.2) is 40.0 Å². The molecule has 0 aliphatic carbocycles. The first-order valence-corrected chi connectivity index (χ1v) is 8.38. The Labute approximate surface area is 153 Å². The first kappa shape index (κ1) is 16.7. The molecule has 4 aromatic rings. The lowest BCUT2D eigenvalue weighted by atomic mass is 10.1. The lowest BCUT2D eigenvalue weighted by Crippen LogP contribution is -2.25. The molecule has 3 heterocycles. The number of H-pyrrole nitrogens is 2. The highest BCUT2D eigenvalue weighted by Gasteiger charge is 2.20. The maximum atomic E-state index is 12.4. The van der Waals surface area contributed by atoms with E-state index in [2.05, 4.69) is 25.3 Å². The highest BCUT2D eigenvalue weighted by molar-refractivity contribution is 6.09. The molecular weight excluding hydrogens is 348 g/mol. The summed E-state index contributed by atoms with van der Waals surface area (Å²) < 4.78 is 5.00. The number of benzene rings is 1. The van der Waals surface area contributed by atoms with Crippen molar-refractivity contribution in [2.24, 2.45) is 10.9 Å². The second-order valence-corrected chi connectivity index (χ2v) is 5.97. The van der Waals surface area contributed by atoms with Crippen molar-refractivity contribution in [3.8, 4) is 0 Å². The first-order valence-electron chi connectivity index (χ1n) is 8.38. The molecule has 4 N–H and O–H groups in total. The number of nitrogens with one attached hydrogen (secondary N) is 2. The molecule has 9 heteroatoms. The van der Waals surface area contributed by atoms with E-state index in [0.717, 1.165) is 21.8 Å². The summed E-state index contributed by atoms with van der Waals surface area (Å²) >= 11 is 0. The molecule has 9 nitrogen and oxygen atoms in total. The number of fused-ring (bicyclic) bond motifs is 3.